The van der Waals surface area contributed by atoms with Crippen LogP contribution in [-0.2, 0) is 24.6 Å². The van der Waals surface area contributed by atoms with Crippen molar-refractivity contribution >= 4 is 0 Å². The van der Waals surface area contributed by atoms with Gasteiger partial charge < -0.3 is 0 Å². The third-order valence-corrected chi connectivity index (χ3v) is 7.71. The van der Waals surface area contributed by atoms with Crippen LogP contribution in [0, 0.1) is 6.92 Å². The molecule has 0 amide bonds. The van der Waals surface area contributed by atoms with Gasteiger partial charge >= 0.3 is 0 Å². The summed E-state index contributed by atoms with van der Waals surface area (Å²) in [6.45, 7) is 11.9. The van der Waals surface area contributed by atoms with E-state index in [2.05, 4.69) is 32.8 Å². The van der Waals surface area contributed by atoms with Crippen molar-refractivity contribution in [2.75, 3.05) is 0 Å². The van der Waals surface area contributed by atoms with Crippen molar-refractivity contribution in [3.05, 3.63) is 93.2 Å². The summed E-state index contributed by atoms with van der Waals surface area (Å²) in [6, 6.07) is 16.1. The minimum atomic E-state index is -0.702. The van der Waals surface area contributed by atoms with Crippen molar-refractivity contribution in [3.63, 3.8) is 0 Å². The quantitative estimate of drug-likeness (QED) is 0.351. The van der Waals surface area contributed by atoms with Crippen LogP contribution >= 0.6 is 0 Å². The van der Waals surface area contributed by atoms with E-state index in [0.29, 0.717) is 36.6 Å². The first-order valence-corrected chi connectivity index (χ1v) is 13.2. The van der Waals surface area contributed by atoms with E-state index in [0.717, 1.165) is 38.6 Å². The first kappa shape index (κ1) is 26.6. The molecule has 0 fully saturated rings. The van der Waals surface area contributed by atoms with Crippen LogP contribution in [-0.4, -0.2) is 46.3 Å². The Labute approximate surface area is 228 Å². The van der Waals surface area contributed by atoms with Gasteiger partial charge in [-0.2, -0.15) is 5.21 Å². The van der Waals surface area contributed by atoms with Gasteiger partial charge in [0.2, 0.25) is 5.82 Å². The monoisotopic (exact) mass is 524 g/mol. The smallest absolute Gasteiger partial charge is 0.257 e. The van der Waals surface area contributed by atoms with Gasteiger partial charge in [0, 0.05) is 17.5 Å². The number of hydroxylamine groups is 2. The SMILES string of the molecule is CCc1nc(C)n(CC2=CC(C)(C)N([O])C2(C)C)c(=O)c1Cc1ccc(-c2ccccc2-c2nn[nH]n2)cc1. The number of aryl methyl sites for hydroxylation is 2. The average molecular weight is 525 g/mol. The predicted octanol–water partition coefficient (Wildman–Crippen LogP) is 4.70. The number of tetrazole rings is 1. The molecule has 9 nitrogen and oxygen atoms in total. The third-order valence-electron chi connectivity index (χ3n) is 7.71. The molecule has 1 radical (unpaired) electrons. The van der Waals surface area contributed by atoms with Crippen LogP contribution in [0.3, 0.4) is 0 Å². The Morgan fingerprint density at radius 3 is 2.26 bits per heavy atom. The van der Waals surface area contributed by atoms with Crippen LogP contribution in [0.15, 0.2) is 65.0 Å². The van der Waals surface area contributed by atoms with Crippen LogP contribution in [0.2, 0.25) is 0 Å². The van der Waals surface area contributed by atoms with Crippen LogP contribution in [0.25, 0.3) is 22.5 Å². The van der Waals surface area contributed by atoms with Crippen LogP contribution < -0.4 is 5.56 Å². The van der Waals surface area contributed by atoms with Gasteiger partial charge in [-0.15, -0.1) is 20.5 Å². The molecule has 0 atom stereocenters. The van der Waals surface area contributed by atoms with E-state index in [1.165, 1.54) is 0 Å². The molecule has 1 N–H and O–H groups in total. The number of benzene rings is 2. The van der Waals surface area contributed by atoms with Gasteiger partial charge in [0.25, 0.3) is 5.56 Å². The molecule has 2 aromatic heterocycles. The Morgan fingerprint density at radius 2 is 1.67 bits per heavy atom. The lowest BCUT2D eigenvalue weighted by Crippen LogP contribution is -2.47. The lowest BCUT2D eigenvalue weighted by Gasteiger charge is -2.34. The minimum absolute atomic E-state index is 0.0512. The van der Waals surface area contributed by atoms with Crippen molar-refractivity contribution in [1.82, 2.24) is 35.2 Å². The second-order valence-electron chi connectivity index (χ2n) is 11.2. The zero-order valence-corrected chi connectivity index (χ0v) is 23.3. The van der Waals surface area contributed by atoms with E-state index >= 15 is 0 Å². The van der Waals surface area contributed by atoms with Crippen molar-refractivity contribution in [3.8, 4) is 22.5 Å². The molecule has 39 heavy (non-hydrogen) atoms. The van der Waals surface area contributed by atoms with Crippen LogP contribution in [0.1, 0.15) is 57.3 Å². The van der Waals surface area contributed by atoms with E-state index in [9.17, 15) is 10.0 Å². The van der Waals surface area contributed by atoms with E-state index < -0.39 is 11.1 Å². The molecule has 0 bridgehead atoms. The molecular formula is C30H34N7O2. The summed E-state index contributed by atoms with van der Waals surface area (Å²) in [5.74, 6) is 1.20. The van der Waals surface area contributed by atoms with Crippen LogP contribution in [0.4, 0.5) is 0 Å². The van der Waals surface area contributed by atoms with Gasteiger partial charge in [0.15, 0.2) is 0 Å². The van der Waals surface area contributed by atoms with Crippen molar-refractivity contribution in [2.45, 2.75) is 72.0 Å². The van der Waals surface area contributed by atoms with E-state index in [1.807, 2.05) is 84.0 Å². The Bertz CT molecular complexity index is 1580. The van der Waals surface area contributed by atoms with E-state index in [4.69, 9.17) is 4.98 Å². The topological polar surface area (TPSA) is 112 Å². The first-order valence-electron chi connectivity index (χ1n) is 13.2. The number of aromatic nitrogens is 6. The number of rotatable bonds is 7. The molecule has 3 heterocycles. The molecule has 1 aliphatic rings. The zero-order chi connectivity index (χ0) is 27.9. The van der Waals surface area contributed by atoms with Gasteiger partial charge in [-0.05, 0) is 68.5 Å². The Morgan fingerprint density at radius 1 is 0.974 bits per heavy atom. The molecule has 201 valence electrons. The fourth-order valence-electron chi connectivity index (χ4n) is 5.55. The number of H-pyrrole nitrogens is 1. The normalized spacial score (nSPS) is 16.4. The zero-order valence-electron chi connectivity index (χ0n) is 23.3. The average Bonchev–Trinajstić information content (AvgIpc) is 3.51. The third kappa shape index (κ3) is 4.84. The van der Waals surface area contributed by atoms with Gasteiger partial charge in [-0.3, -0.25) is 9.36 Å². The van der Waals surface area contributed by atoms with E-state index in [1.54, 1.807) is 4.57 Å². The number of hydrogen-bond acceptors (Lipinski definition) is 6. The molecular weight excluding hydrogens is 490 g/mol. The van der Waals surface area contributed by atoms with Gasteiger partial charge in [0.1, 0.15) is 5.82 Å². The summed E-state index contributed by atoms with van der Waals surface area (Å²) in [6.07, 6.45) is 3.13. The largest absolute Gasteiger partial charge is 0.292 e. The van der Waals surface area contributed by atoms with E-state index in [-0.39, 0.29) is 5.56 Å². The fraction of sp³-hybridized carbons (Fsp3) is 0.367. The maximum Gasteiger partial charge on any atom is 0.257 e. The minimum Gasteiger partial charge on any atom is -0.292 e. The summed E-state index contributed by atoms with van der Waals surface area (Å²) in [5, 5.41) is 28.5. The van der Waals surface area contributed by atoms with Gasteiger partial charge in [-0.1, -0.05) is 61.5 Å². The molecule has 1 aliphatic heterocycles. The Kier molecular flexibility index (Phi) is 6.82. The molecule has 0 spiro atoms. The molecule has 0 saturated carbocycles. The number of nitrogens with zero attached hydrogens (tertiary/aromatic N) is 6. The Hall–Kier alpha value is -3.95. The second-order valence-corrected chi connectivity index (χ2v) is 11.2. The maximum absolute atomic E-state index is 13.9. The lowest BCUT2D eigenvalue weighted by atomic mass is 9.95. The maximum atomic E-state index is 13.9. The predicted molar refractivity (Wildman–Crippen MR) is 149 cm³/mol. The summed E-state index contributed by atoms with van der Waals surface area (Å²) in [7, 11) is 0. The fourth-order valence-corrected chi connectivity index (χ4v) is 5.55. The molecule has 0 unspecified atom stereocenters. The number of nitrogens with one attached hydrogen (secondary N) is 1. The summed E-state index contributed by atoms with van der Waals surface area (Å²) in [5.41, 5.74) is 4.99. The highest BCUT2D eigenvalue weighted by Gasteiger charge is 2.46. The first-order chi connectivity index (χ1) is 18.5. The Balaban J connectivity index is 1.47. The lowest BCUT2D eigenvalue weighted by molar-refractivity contribution is -0.238. The van der Waals surface area contributed by atoms with Gasteiger partial charge in [0.05, 0.1) is 23.3 Å². The highest BCUT2D eigenvalue weighted by atomic mass is 16.5. The summed E-state index contributed by atoms with van der Waals surface area (Å²) < 4.78 is 1.72. The second kappa shape index (κ2) is 9.98. The molecule has 2 aromatic carbocycles. The highest BCUT2D eigenvalue weighted by molar-refractivity contribution is 5.80. The number of hydrogen-bond donors (Lipinski definition) is 1. The van der Waals surface area contributed by atoms with Gasteiger partial charge in [-0.25, -0.2) is 4.98 Å². The molecule has 0 saturated heterocycles. The van der Waals surface area contributed by atoms with Crippen molar-refractivity contribution in [2.24, 2.45) is 0 Å². The standard InChI is InChI=1S/C30H34N7O2/c1-7-26-25(28(38)36(19(2)31-26)18-22-17-29(3,4)37(39)30(22,5)6)16-20-12-14-21(15-13-20)23-10-8-9-11-24(23)27-32-34-35-33-27/h8-15,17H,7,16,18H2,1-6H3,(H,32,33,34,35). The molecule has 5 rings (SSSR count). The highest BCUT2D eigenvalue weighted by Crippen LogP contribution is 2.39. The van der Waals surface area contributed by atoms with Crippen molar-refractivity contribution in [1.29, 1.82) is 0 Å². The molecule has 4 aromatic rings. The summed E-state index contributed by atoms with van der Waals surface area (Å²) >= 11 is 0. The number of aromatic amines is 1. The summed E-state index contributed by atoms with van der Waals surface area (Å²) in [4.78, 5) is 18.7. The van der Waals surface area contributed by atoms with Crippen molar-refractivity contribution < 1.29 is 5.21 Å². The van der Waals surface area contributed by atoms with Crippen LogP contribution in [0.5, 0.6) is 0 Å². The molecule has 9 heteroatoms. The molecule has 0 aliphatic carbocycles.